The summed E-state index contributed by atoms with van der Waals surface area (Å²) in [5.74, 6) is -0.173. The summed E-state index contributed by atoms with van der Waals surface area (Å²) in [6.45, 7) is 2.05. The van der Waals surface area contributed by atoms with Crippen LogP contribution < -0.4 is 15.0 Å². The third kappa shape index (κ3) is 2.75. The summed E-state index contributed by atoms with van der Waals surface area (Å²) in [7, 11) is 1.56. The van der Waals surface area contributed by atoms with Gasteiger partial charge in [0.1, 0.15) is 5.75 Å². The molecule has 2 fully saturated rings. The van der Waals surface area contributed by atoms with E-state index in [0.717, 1.165) is 6.42 Å². The molecule has 0 aromatic heterocycles. The summed E-state index contributed by atoms with van der Waals surface area (Å²) in [5.41, 5.74) is 2.65. The average molecular weight is 402 g/mol. The second kappa shape index (κ2) is 6.83. The summed E-state index contributed by atoms with van der Waals surface area (Å²) >= 11 is 0. The first-order valence-corrected chi connectivity index (χ1v) is 10.1. The smallest absolute Gasteiger partial charge is 0.255 e. The molecule has 2 aromatic carbocycles. The summed E-state index contributed by atoms with van der Waals surface area (Å²) in [6, 6.07) is 13.8. The topological polar surface area (TPSA) is 75.7 Å². The van der Waals surface area contributed by atoms with Crippen LogP contribution in [0.3, 0.4) is 0 Å². The van der Waals surface area contributed by atoms with Crippen molar-refractivity contribution in [2.75, 3.05) is 17.3 Å². The Morgan fingerprint density at radius 1 is 1.07 bits per heavy atom. The van der Waals surface area contributed by atoms with Gasteiger partial charge < -0.3 is 10.1 Å². The maximum atomic E-state index is 13.1. The van der Waals surface area contributed by atoms with E-state index in [-0.39, 0.29) is 41.4 Å². The van der Waals surface area contributed by atoms with Gasteiger partial charge in [0.05, 0.1) is 24.6 Å². The first kappa shape index (κ1) is 18.6. The number of rotatable bonds is 4. The largest absolute Gasteiger partial charge is 0.497 e. The molecule has 1 saturated heterocycles. The van der Waals surface area contributed by atoms with Crippen molar-refractivity contribution in [3.8, 4) is 5.75 Å². The second-order valence-corrected chi connectivity index (χ2v) is 8.22. The van der Waals surface area contributed by atoms with Gasteiger partial charge in [-0.05, 0) is 55.5 Å². The van der Waals surface area contributed by atoms with E-state index < -0.39 is 0 Å². The summed E-state index contributed by atoms with van der Waals surface area (Å²) in [5, 5.41) is 2.83. The minimum atomic E-state index is -0.318. The lowest BCUT2D eigenvalue weighted by Crippen LogP contribution is -2.33. The van der Waals surface area contributed by atoms with Crippen molar-refractivity contribution in [1.82, 2.24) is 0 Å². The third-order valence-corrected chi connectivity index (χ3v) is 6.57. The van der Waals surface area contributed by atoms with Crippen molar-refractivity contribution < 1.29 is 19.1 Å². The van der Waals surface area contributed by atoms with Crippen LogP contribution in [0.25, 0.3) is 0 Å². The molecular formula is C24H22N2O4. The number of carbonyl (C=O) groups is 3. The van der Waals surface area contributed by atoms with Crippen LogP contribution in [-0.2, 0) is 9.59 Å². The van der Waals surface area contributed by atoms with Crippen molar-refractivity contribution >= 4 is 29.1 Å². The fraction of sp³-hybridized carbons (Fsp3) is 0.292. The molecule has 3 aliphatic rings. The highest BCUT2D eigenvalue weighted by molar-refractivity contribution is 6.23. The van der Waals surface area contributed by atoms with E-state index in [4.69, 9.17) is 4.74 Å². The fourth-order valence-electron chi connectivity index (χ4n) is 5.22. The molecule has 0 unspecified atom stereocenters. The maximum Gasteiger partial charge on any atom is 0.255 e. The van der Waals surface area contributed by atoms with Crippen LogP contribution in [0.15, 0.2) is 60.2 Å². The van der Waals surface area contributed by atoms with Crippen LogP contribution >= 0.6 is 0 Å². The molecule has 30 heavy (non-hydrogen) atoms. The number of imide groups is 1. The van der Waals surface area contributed by atoms with Crippen LogP contribution in [-0.4, -0.2) is 24.8 Å². The molecule has 1 N–H and O–H groups in total. The van der Waals surface area contributed by atoms with E-state index in [1.54, 1.807) is 55.6 Å². The molecular weight excluding hydrogens is 380 g/mol. The number of amides is 3. The van der Waals surface area contributed by atoms with Crippen molar-refractivity contribution in [3.63, 3.8) is 0 Å². The number of anilines is 2. The van der Waals surface area contributed by atoms with Gasteiger partial charge in [0.2, 0.25) is 11.8 Å². The van der Waals surface area contributed by atoms with E-state index in [1.165, 1.54) is 10.5 Å². The zero-order valence-corrected chi connectivity index (χ0v) is 16.8. The van der Waals surface area contributed by atoms with E-state index >= 15 is 0 Å². The Bertz CT molecular complexity index is 1110. The number of ether oxygens (including phenoxy) is 1. The van der Waals surface area contributed by atoms with Gasteiger partial charge in [-0.1, -0.05) is 23.8 Å². The maximum absolute atomic E-state index is 13.1. The van der Waals surface area contributed by atoms with Crippen molar-refractivity contribution in [2.45, 2.75) is 13.3 Å². The summed E-state index contributed by atoms with van der Waals surface area (Å²) in [4.78, 5) is 40.3. The molecule has 1 aliphatic heterocycles. The second-order valence-electron chi connectivity index (χ2n) is 8.22. The molecule has 0 radical (unpaired) electrons. The highest BCUT2D eigenvalue weighted by atomic mass is 16.5. The van der Waals surface area contributed by atoms with E-state index in [2.05, 4.69) is 11.4 Å². The predicted molar refractivity (Wildman–Crippen MR) is 112 cm³/mol. The number of carbonyl (C=O) groups excluding carboxylic acids is 3. The Morgan fingerprint density at radius 2 is 1.83 bits per heavy atom. The molecule has 152 valence electrons. The Hall–Kier alpha value is -3.41. The Labute approximate surface area is 174 Å². The van der Waals surface area contributed by atoms with Crippen molar-refractivity contribution in [1.29, 1.82) is 0 Å². The lowest BCUT2D eigenvalue weighted by Gasteiger charge is -2.19. The summed E-state index contributed by atoms with van der Waals surface area (Å²) < 4.78 is 5.18. The highest BCUT2D eigenvalue weighted by Crippen LogP contribution is 2.55. The number of nitrogens with one attached hydrogen (secondary N) is 1. The molecule has 2 aliphatic carbocycles. The molecule has 5 rings (SSSR count). The van der Waals surface area contributed by atoms with Gasteiger partial charge in [-0.2, -0.15) is 0 Å². The van der Waals surface area contributed by atoms with Crippen LogP contribution in [0, 0.1) is 23.7 Å². The molecule has 3 amide bonds. The zero-order chi connectivity index (χ0) is 21.0. The quantitative estimate of drug-likeness (QED) is 0.626. The first-order chi connectivity index (χ1) is 14.5. The Morgan fingerprint density at radius 3 is 2.63 bits per heavy atom. The highest BCUT2D eigenvalue weighted by Gasteiger charge is 2.60. The lowest BCUT2D eigenvalue weighted by atomic mass is 9.82. The monoisotopic (exact) mass is 402 g/mol. The molecule has 4 atom stereocenters. The third-order valence-electron chi connectivity index (χ3n) is 6.57. The van der Waals surface area contributed by atoms with Gasteiger partial charge in [-0.3, -0.25) is 14.4 Å². The number of allylic oxidation sites excluding steroid dienone is 2. The number of benzene rings is 2. The number of hydrogen-bond donors (Lipinski definition) is 1. The normalized spacial score (nSPS) is 26.6. The van der Waals surface area contributed by atoms with Crippen LogP contribution in [0.5, 0.6) is 5.75 Å². The lowest BCUT2D eigenvalue weighted by molar-refractivity contribution is -0.123. The predicted octanol–water partition coefficient (Wildman–Crippen LogP) is 3.65. The molecule has 0 spiro atoms. The van der Waals surface area contributed by atoms with Gasteiger partial charge >= 0.3 is 0 Å². The number of methoxy groups -OCH3 is 1. The average Bonchev–Trinajstić information content (AvgIpc) is 3.38. The van der Waals surface area contributed by atoms with Gasteiger partial charge in [0.25, 0.3) is 5.91 Å². The van der Waals surface area contributed by atoms with Gasteiger partial charge in [-0.25, -0.2) is 4.90 Å². The molecule has 1 saturated carbocycles. The minimum Gasteiger partial charge on any atom is -0.497 e. The van der Waals surface area contributed by atoms with Crippen molar-refractivity contribution in [2.24, 2.45) is 23.7 Å². The molecule has 2 bridgehead atoms. The van der Waals surface area contributed by atoms with Gasteiger partial charge in [0, 0.05) is 17.3 Å². The zero-order valence-electron chi connectivity index (χ0n) is 16.8. The fourth-order valence-corrected chi connectivity index (χ4v) is 5.22. The van der Waals surface area contributed by atoms with Crippen LogP contribution in [0.1, 0.15) is 23.7 Å². The van der Waals surface area contributed by atoms with E-state index in [9.17, 15) is 14.4 Å². The Balaban J connectivity index is 1.40. The molecule has 1 heterocycles. The molecule has 6 heteroatoms. The first-order valence-electron chi connectivity index (χ1n) is 10.1. The summed E-state index contributed by atoms with van der Waals surface area (Å²) in [6.07, 6.45) is 3.05. The van der Waals surface area contributed by atoms with Crippen LogP contribution in [0.4, 0.5) is 11.4 Å². The van der Waals surface area contributed by atoms with Gasteiger partial charge in [-0.15, -0.1) is 0 Å². The van der Waals surface area contributed by atoms with Crippen molar-refractivity contribution in [3.05, 3.63) is 65.7 Å². The SMILES string of the molecule is COc1cccc(NC(=O)c2cccc(N3C(=O)[C@@H]4[C@@H](C3=O)[C@@H]3C[C@H]4C=C3C)c2)c1. The standard InChI is InChI=1S/C24H22N2O4/c1-13-9-15-11-19(13)21-20(15)23(28)26(24(21)29)17-7-3-5-14(10-17)22(27)25-16-6-4-8-18(12-16)30-2/h3-10,12,15,19-21H,11H2,1-2H3,(H,25,27)/t15-,19-,20+,21+/m1/s1. The van der Waals surface area contributed by atoms with E-state index in [1.807, 2.05) is 6.92 Å². The minimum absolute atomic E-state index is 0.143. The Kier molecular flexibility index (Phi) is 4.24. The number of fused-ring (bicyclic) bond motifs is 5. The number of hydrogen-bond acceptors (Lipinski definition) is 4. The van der Waals surface area contributed by atoms with Crippen LogP contribution in [0.2, 0.25) is 0 Å². The number of nitrogens with zero attached hydrogens (tertiary/aromatic N) is 1. The molecule has 6 nitrogen and oxygen atoms in total. The van der Waals surface area contributed by atoms with E-state index in [0.29, 0.717) is 22.7 Å². The molecule has 2 aromatic rings. The van der Waals surface area contributed by atoms with Gasteiger partial charge in [0.15, 0.2) is 0 Å².